The maximum Gasteiger partial charge on any atom is 0.416 e. The molecule has 0 aliphatic heterocycles. The van der Waals surface area contributed by atoms with Crippen LogP contribution < -0.4 is 15.4 Å². The van der Waals surface area contributed by atoms with Gasteiger partial charge >= 0.3 is 6.18 Å². The Morgan fingerprint density at radius 2 is 1.58 bits per heavy atom. The van der Waals surface area contributed by atoms with Gasteiger partial charge in [-0.25, -0.2) is 0 Å². The van der Waals surface area contributed by atoms with Crippen molar-refractivity contribution in [3.05, 3.63) is 113 Å². The van der Waals surface area contributed by atoms with Gasteiger partial charge in [-0.05, 0) is 72.1 Å². The van der Waals surface area contributed by atoms with Crippen LogP contribution in [0.1, 0.15) is 26.3 Å². The van der Waals surface area contributed by atoms with Crippen molar-refractivity contribution in [2.24, 2.45) is 10.2 Å². The van der Waals surface area contributed by atoms with E-state index >= 15 is 0 Å². The number of azo groups is 1. The molecule has 16 heteroatoms. The van der Waals surface area contributed by atoms with Gasteiger partial charge in [0, 0.05) is 16.6 Å². The first-order valence-corrected chi connectivity index (χ1v) is 15.4. The normalized spacial score (nSPS) is 11.9. The molecule has 0 saturated heterocycles. The molecule has 0 aromatic heterocycles. The van der Waals surface area contributed by atoms with Gasteiger partial charge in [0.15, 0.2) is 5.75 Å². The fourth-order valence-electron chi connectivity index (χ4n) is 4.51. The monoisotopic (exact) mass is 698 g/mol. The lowest BCUT2D eigenvalue weighted by Gasteiger charge is -2.14. The summed E-state index contributed by atoms with van der Waals surface area (Å²) in [5.41, 5.74) is -1.52. The number of ether oxygens (including phenoxy) is 1. The van der Waals surface area contributed by atoms with Crippen LogP contribution in [0.15, 0.2) is 106 Å². The van der Waals surface area contributed by atoms with E-state index in [-0.39, 0.29) is 49.5 Å². The lowest BCUT2D eigenvalue weighted by atomic mass is 10.0. The second kappa shape index (κ2) is 13.3. The summed E-state index contributed by atoms with van der Waals surface area (Å²) in [7, 11) is -3.07. The fourth-order valence-corrected chi connectivity index (χ4v) is 5.15. The molecule has 0 radical (unpaired) electrons. The Hall–Kier alpha value is -5.51. The van der Waals surface area contributed by atoms with Crippen LogP contribution in [0.5, 0.6) is 11.5 Å². The fraction of sp³-hybridized carbons (Fsp3) is 0.0625. The molecule has 5 aromatic carbocycles. The molecule has 0 fully saturated rings. The molecule has 246 valence electrons. The summed E-state index contributed by atoms with van der Waals surface area (Å²) in [5.74, 6) is -2.05. The van der Waals surface area contributed by atoms with E-state index < -0.39 is 39.4 Å². The molecule has 2 amide bonds. The van der Waals surface area contributed by atoms with Crippen molar-refractivity contribution in [1.82, 2.24) is 0 Å². The van der Waals surface area contributed by atoms with Crippen LogP contribution in [0.4, 0.5) is 35.9 Å². The Kier molecular flexibility index (Phi) is 9.38. The number of amides is 2. The van der Waals surface area contributed by atoms with Crippen molar-refractivity contribution in [3.63, 3.8) is 0 Å². The molecule has 0 saturated carbocycles. The third-order valence-electron chi connectivity index (χ3n) is 6.89. The summed E-state index contributed by atoms with van der Waals surface area (Å²) in [6, 6.07) is 19.3. The highest BCUT2D eigenvalue weighted by Gasteiger charge is 2.31. The van der Waals surface area contributed by atoms with Gasteiger partial charge in [0.05, 0.1) is 33.8 Å². The second-order valence-corrected chi connectivity index (χ2v) is 11.9. The summed E-state index contributed by atoms with van der Waals surface area (Å²) in [6.45, 7) is 0. The van der Waals surface area contributed by atoms with Crippen LogP contribution in [0, 0.1) is 0 Å². The van der Waals surface area contributed by atoms with Crippen molar-refractivity contribution in [2.45, 2.75) is 11.1 Å². The average molecular weight is 699 g/mol. The number of anilines is 2. The van der Waals surface area contributed by atoms with Crippen LogP contribution in [-0.2, 0) is 16.3 Å². The number of carbonyl (C=O) groups excluding carboxylic acids is 2. The van der Waals surface area contributed by atoms with Crippen molar-refractivity contribution in [3.8, 4) is 11.5 Å². The Bertz CT molecular complexity index is 2210. The minimum Gasteiger partial charge on any atom is -0.505 e. The van der Waals surface area contributed by atoms with Crippen LogP contribution in [0.25, 0.3) is 10.8 Å². The highest BCUT2D eigenvalue weighted by molar-refractivity contribution is 7.85. The second-order valence-electron chi connectivity index (χ2n) is 10.0. The van der Waals surface area contributed by atoms with E-state index in [1.165, 1.54) is 43.5 Å². The van der Waals surface area contributed by atoms with Gasteiger partial charge in [-0.3, -0.25) is 14.1 Å². The van der Waals surface area contributed by atoms with Crippen molar-refractivity contribution in [2.75, 3.05) is 17.7 Å². The molecule has 5 aromatic rings. The molecule has 0 bridgehead atoms. The lowest BCUT2D eigenvalue weighted by Crippen LogP contribution is -2.14. The number of nitrogens with zero attached hydrogens (tertiary/aromatic N) is 2. The predicted octanol–water partition coefficient (Wildman–Crippen LogP) is 8.39. The summed E-state index contributed by atoms with van der Waals surface area (Å²) >= 11 is 6.04. The minimum absolute atomic E-state index is 0.0426. The standard InChI is InChI=1S/C32H22ClF3N4O7S/c1-47-27-13-6-18(30(42)37-20-8-10-21(11-9-20)48(44,45)46)15-26(27)39-40-28-22-5-3-2-4-17(22)14-23(29(28)41)31(43)38-25-16-19(32(34,35)36)7-12-24(25)33/h2-16,41H,1H3,(H,37,42)(H,38,43)(H,44,45,46). The topological polar surface area (TPSA) is 167 Å². The molecule has 11 nitrogen and oxygen atoms in total. The van der Waals surface area contributed by atoms with E-state index in [4.69, 9.17) is 20.9 Å². The summed E-state index contributed by atoms with van der Waals surface area (Å²) in [5, 5.41) is 25.1. The van der Waals surface area contributed by atoms with Gasteiger partial charge < -0.3 is 20.5 Å². The van der Waals surface area contributed by atoms with Crippen LogP contribution in [0.2, 0.25) is 5.02 Å². The number of fused-ring (bicyclic) bond motifs is 1. The largest absolute Gasteiger partial charge is 0.505 e. The maximum atomic E-state index is 13.3. The Morgan fingerprint density at radius 1 is 0.875 bits per heavy atom. The molecule has 48 heavy (non-hydrogen) atoms. The first-order chi connectivity index (χ1) is 22.7. The van der Waals surface area contributed by atoms with E-state index in [0.29, 0.717) is 16.8 Å². The smallest absolute Gasteiger partial charge is 0.416 e. The molecular formula is C32H22ClF3N4O7S. The van der Waals surface area contributed by atoms with Gasteiger partial charge in [-0.2, -0.15) is 21.6 Å². The van der Waals surface area contributed by atoms with Gasteiger partial charge in [0.1, 0.15) is 17.1 Å². The third kappa shape index (κ3) is 7.38. The SMILES string of the molecule is COc1ccc(C(=O)Nc2ccc(S(=O)(=O)O)cc2)cc1N=Nc1c(O)c(C(=O)Nc2cc(C(F)(F)F)ccc2Cl)cc2ccccc12. The predicted molar refractivity (Wildman–Crippen MR) is 171 cm³/mol. The molecule has 4 N–H and O–H groups in total. The van der Waals surface area contributed by atoms with Crippen molar-refractivity contribution < 1.29 is 45.6 Å². The van der Waals surface area contributed by atoms with E-state index in [0.717, 1.165) is 24.3 Å². The number of alkyl halides is 3. The molecule has 0 heterocycles. The van der Waals surface area contributed by atoms with Crippen LogP contribution >= 0.6 is 11.6 Å². The van der Waals surface area contributed by atoms with Gasteiger partial charge in [0.25, 0.3) is 21.9 Å². The number of methoxy groups -OCH3 is 1. The third-order valence-corrected chi connectivity index (χ3v) is 8.09. The zero-order valence-electron chi connectivity index (χ0n) is 24.4. The van der Waals surface area contributed by atoms with E-state index in [9.17, 15) is 36.3 Å². The van der Waals surface area contributed by atoms with E-state index in [1.807, 2.05) is 0 Å². The van der Waals surface area contributed by atoms with Crippen LogP contribution in [-0.4, -0.2) is 37.0 Å². The highest BCUT2D eigenvalue weighted by atomic mass is 35.5. The summed E-state index contributed by atoms with van der Waals surface area (Å²) < 4.78 is 76.9. The Morgan fingerprint density at radius 3 is 2.25 bits per heavy atom. The number of halogens is 4. The number of hydrogen-bond donors (Lipinski definition) is 4. The van der Waals surface area contributed by atoms with Gasteiger partial charge in [0.2, 0.25) is 0 Å². The highest BCUT2D eigenvalue weighted by Crippen LogP contribution is 2.41. The zero-order valence-corrected chi connectivity index (χ0v) is 26.0. The van der Waals surface area contributed by atoms with Gasteiger partial charge in [-0.15, -0.1) is 10.2 Å². The number of nitrogens with one attached hydrogen (secondary N) is 2. The quantitative estimate of drug-likeness (QED) is 0.0932. The molecule has 0 atom stereocenters. The van der Waals surface area contributed by atoms with Gasteiger partial charge in [-0.1, -0.05) is 35.9 Å². The van der Waals surface area contributed by atoms with E-state index in [1.54, 1.807) is 24.3 Å². The van der Waals surface area contributed by atoms with Crippen LogP contribution in [0.3, 0.4) is 0 Å². The first-order valence-electron chi connectivity index (χ1n) is 13.6. The number of benzene rings is 5. The number of phenolic OH excluding ortho intramolecular Hbond substituents is 1. The molecule has 0 aliphatic carbocycles. The minimum atomic E-state index is -4.70. The molecule has 5 rings (SSSR count). The summed E-state index contributed by atoms with van der Waals surface area (Å²) in [4.78, 5) is 25.9. The van der Waals surface area contributed by atoms with Crippen molar-refractivity contribution in [1.29, 1.82) is 0 Å². The molecular weight excluding hydrogens is 677 g/mol. The molecule has 0 unspecified atom stereocenters. The maximum absolute atomic E-state index is 13.3. The molecule has 0 spiro atoms. The Balaban J connectivity index is 1.48. The lowest BCUT2D eigenvalue weighted by molar-refractivity contribution is -0.137. The average Bonchev–Trinajstić information content (AvgIpc) is 3.04. The number of aromatic hydroxyl groups is 1. The number of phenols is 1. The number of carbonyl (C=O) groups is 2. The first kappa shape index (κ1) is 33.8. The molecule has 0 aliphatic rings. The Labute approximate surface area is 275 Å². The van der Waals surface area contributed by atoms with Crippen molar-refractivity contribution >= 4 is 67.1 Å². The number of hydrogen-bond acceptors (Lipinski definition) is 8. The van der Waals surface area contributed by atoms with E-state index in [2.05, 4.69) is 20.9 Å². The zero-order chi connectivity index (χ0) is 34.8. The summed E-state index contributed by atoms with van der Waals surface area (Å²) in [6.07, 6.45) is -4.70. The number of rotatable bonds is 8.